The van der Waals surface area contributed by atoms with Crippen LogP contribution < -0.4 is 10.6 Å². The Balaban J connectivity index is 2.34. The number of hydrogen-bond donors (Lipinski definition) is 1. The van der Waals surface area contributed by atoms with E-state index in [-0.39, 0.29) is 10.6 Å². The Bertz CT molecular complexity index is 672. The second-order valence-electron chi connectivity index (χ2n) is 4.26. The molecular weight excluding hydrogens is 275 g/mol. The van der Waals surface area contributed by atoms with E-state index in [1.807, 2.05) is 0 Å². The molecule has 2 aromatic carbocycles. The third-order valence-electron chi connectivity index (χ3n) is 2.93. The summed E-state index contributed by atoms with van der Waals surface area (Å²) in [5.74, 6) is -0.974. The predicted molar refractivity (Wildman–Crippen MR) is 81.5 cm³/mol. The number of carbonyl (C=O) groups excluding carboxylic acids is 1. The van der Waals surface area contributed by atoms with Crippen LogP contribution in [0.4, 0.5) is 10.1 Å². The summed E-state index contributed by atoms with van der Waals surface area (Å²) < 4.78 is 13.6. The number of rotatable bonds is 3. The minimum absolute atomic E-state index is 0.0238. The van der Waals surface area contributed by atoms with Crippen molar-refractivity contribution in [3.05, 3.63) is 65.5 Å². The average Bonchev–Trinajstić information content (AvgIpc) is 2.46. The lowest BCUT2D eigenvalue weighted by Gasteiger charge is -2.18. The molecule has 3 nitrogen and oxygen atoms in total. The van der Waals surface area contributed by atoms with Crippen molar-refractivity contribution in [3.8, 4) is 0 Å². The lowest BCUT2D eigenvalue weighted by atomic mass is 10.1. The van der Waals surface area contributed by atoms with E-state index in [0.29, 0.717) is 11.3 Å². The van der Waals surface area contributed by atoms with E-state index in [1.54, 1.807) is 43.4 Å². The summed E-state index contributed by atoms with van der Waals surface area (Å²) in [6.07, 6.45) is 0. The first-order chi connectivity index (χ1) is 9.50. The maximum Gasteiger partial charge on any atom is 0.260 e. The van der Waals surface area contributed by atoms with Crippen molar-refractivity contribution in [3.63, 3.8) is 0 Å². The molecular formula is C15H13FN2OS. The number of thiocarbonyl (C=S) groups is 1. The summed E-state index contributed by atoms with van der Waals surface area (Å²) in [7, 11) is 1.58. The minimum atomic E-state index is -0.546. The lowest BCUT2D eigenvalue weighted by molar-refractivity contribution is 0.0989. The topological polar surface area (TPSA) is 46.3 Å². The van der Waals surface area contributed by atoms with Gasteiger partial charge in [0.15, 0.2) is 0 Å². The van der Waals surface area contributed by atoms with Crippen molar-refractivity contribution in [1.29, 1.82) is 0 Å². The van der Waals surface area contributed by atoms with Crippen LogP contribution in [0.5, 0.6) is 0 Å². The standard InChI is InChI=1S/C15H13FN2OS/c1-18(11-6-4-5-10(9-11)14(17)20)15(19)12-7-2-3-8-13(12)16/h2-9H,1H3,(H2,17,20). The molecule has 0 unspecified atom stereocenters. The smallest absolute Gasteiger partial charge is 0.260 e. The fourth-order valence-electron chi connectivity index (χ4n) is 1.80. The molecule has 0 saturated heterocycles. The van der Waals surface area contributed by atoms with Crippen LogP contribution in [0.1, 0.15) is 15.9 Å². The second-order valence-corrected chi connectivity index (χ2v) is 4.70. The summed E-state index contributed by atoms with van der Waals surface area (Å²) in [5.41, 5.74) is 6.84. The van der Waals surface area contributed by atoms with E-state index in [9.17, 15) is 9.18 Å². The number of nitrogens with two attached hydrogens (primary N) is 1. The van der Waals surface area contributed by atoms with Crippen molar-refractivity contribution >= 4 is 28.8 Å². The lowest BCUT2D eigenvalue weighted by Crippen LogP contribution is -2.27. The van der Waals surface area contributed by atoms with Crippen LogP contribution in [-0.4, -0.2) is 17.9 Å². The zero-order chi connectivity index (χ0) is 14.7. The number of benzene rings is 2. The Morgan fingerprint density at radius 3 is 2.55 bits per heavy atom. The average molecular weight is 288 g/mol. The van der Waals surface area contributed by atoms with Gasteiger partial charge in [-0.3, -0.25) is 4.79 Å². The van der Waals surface area contributed by atoms with Gasteiger partial charge >= 0.3 is 0 Å². The van der Waals surface area contributed by atoms with E-state index in [2.05, 4.69) is 0 Å². The van der Waals surface area contributed by atoms with Gasteiger partial charge in [-0.05, 0) is 24.3 Å². The predicted octanol–water partition coefficient (Wildman–Crippen LogP) is 2.74. The first-order valence-corrected chi connectivity index (χ1v) is 6.34. The van der Waals surface area contributed by atoms with E-state index in [4.69, 9.17) is 18.0 Å². The van der Waals surface area contributed by atoms with E-state index in [0.717, 1.165) is 0 Å². The molecule has 2 aromatic rings. The minimum Gasteiger partial charge on any atom is -0.389 e. The molecule has 102 valence electrons. The van der Waals surface area contributed by atoms with Gasteiger partial charge in [-0.25, -0.2) is 4.39 Å². The number of hydrogen-bond acceptors (Lipinski definition) is 2. The molecule has 0 aliphatic heterocycles. The number of nitrogens with zero attached hydrogens (tertiary/aromatic N) is 1. The Labute approximate surface area is 121 Å². The molecule has 0 aromatic heterocycles. The highest BCUT2D eigenvalue weighted by atomic mass is 32.1. The van der Waals surface area contributed by atoms with Gasteiger partial charge in [0.05, 0.1) is 5.56 Å². The Morgan fingerprint density at radius 2 is 1.90 bits per heavy atom. The summed E-state index contributed by atoms with van der Waals surface area (Å²) in [4.78, 5) is 13.9. The summed E-state index contributed by atoms with van der Waals surface area (Å²) in [6.45, 7) is 0. The molecule has 5 heteroatoms. The monoisotopic (exact) mass is 288 g/mol. The van der Waals surface area contributed by atoms with Gasteiger partial charge < -0.3 is 10.6 Å². The van der Waals surface area contributed by atoms with Gasteiger partial charge in [-0.2, -0.15) is 0 Å². The van der Waals surface area contributed by atoms with Crippen LogP contribution in [0.3, 0.4) is 0 Å². The van der Waals surface area contributed by atoms with Crippen LogP contribution in [0, 0.1) is 5.82 Å². The third kappa shape index (κ3) is 2.83. The zero-order valence-corrected chi connectivity index (χ0v) is 11.7. The van der Waals surface area contributed by atoms with Crippen LogP contribution in [-0.2, 0) is 0 Å². The molecule has 2 rings (SSSR count). The van der Waals surface area contributed by atoms with Crippen molar-refractivity contribution < 1.29 is 9.18 Å². The van der Waals surface area contributed by atoms with Crippen molar-refractivity contribution in [2.24, 2.45) is 5.73 Å². The fraction of sp³-hybridized carbons (Fsp3) is 0.0667. The molecule has 0 aliphatic carbocycles. The first kappa shape index (κ1) is 14.1. The highest BCUT2D eigenvalue weighted by Gasteiger charge is 2.17. The van der Waals surface area contributed by atoms with Gasteiger partial charge in [0.1, 0.15) is 10.8 Å². The third-order valence-corrected chi connectivity index (χ3v) is 3.16. The van der Waals surface area contributed by atoms with Gasteiger partial charge in [0.25, 0.3) is 5.91 Å². The van der Waals surface area contributed by atoms with Crippen LogP contribution >= 0.6 is 12.2 Å². The molecule has 0 fully saturated rings. The highest BCUT2D eigenvalue weighted by molar-refractivity contribution is 7.80. The van der Waals surface area contributed by atoms with Crippen LogP contribution in [0.2, 0.25) is 0 Å². The molecule has 0 spiro atoms. The van der Waals surface area contributed by atoms with E-state index < -0.39 is 11.7 Å². The number of halogens is 1. The number of amides is 1. The van der Waals surface area contributed by atoms with Gasteiger partial charge in [-0.15, -0.1) is 0 Å². The highest BCUT2D eigenvalue weighted by Crippen LogP contribution is 2.18. The molecule has 0 radical (unpaired) electrons. The summed E-state index contributed by atoms with van der Waals surface area (Å²) >= 11 is 4.90. The molecule has 2 N–H and O–H groups in total. The second kappa shape index (κ2) is 5.79. The van der Waals surface area contributed by atoms with Crippen molar-refractivity contribution in [2.45, 2.75) is 0 Å². The van der Waals surface area contributed by atoms with Gasteiger partial charge in [-0.1, -0.05) is 36.5 Å². The van der Waals surface area contributed by atoms with Crippen molar-refractivity contribution in [2.75, 3.05) is 11.9 Å². The zero-order valence-electron chi connectivity index (χ0n) is 10.8. The SMILES string of the molecule is CN(C(=O)c1ccccc1F)c1cccc(C(N)=S)c1. The molecule has 0 bridgehead atoms. The molecule has 0 atom stereocenters. The molecule has 0 heterocycles. The Hall–Kier alpha value is -2.27. The maximum atomic E-state index is 13.6. The number of anilines is 1. The first-order valence-electron chi connectivity index (χ1n) is 5.93. The fourth-order valence-corrected chi connectivity index (χ4v) is 1.93. The Kier molecular flexibility index (Phi) is 4.10. The quantitative estimate of drug-likeness (QED) is 0.883. The Morgan fingerprint density at radius 1 is 1.20 bits per heavy atom. The maximum absolute atomic E-state index is 13.6. The molecule has 0 aliphatic rings. The van der Waals surface area contributed by atoms with Crippen LogP contribution in [0.15, 0.2) is 48.5 Å². The molecule has 20 heavy (non-hydrogen) atoms. The number of carbonyl (C=O) groups is 1. The van der Waals surface area contributed by atoms with E-state index >= 15 is 0 Å². The van der Waals surface area contributed by atoms with Gasteiger partial charge in [0.2, 0.25) is 0 Å². The molecule has 0 saturated carbocycles. The largest absolute Gasteiger partial charge is 0.389 e. The van der Waals surface area contributed by atoms with E-state index in [1.165, 1.54) is 17.0 Å². The summed E-state index contributed by atoms with van der Waals surface area (Å²) in [6, 6.07) is 12.8. The molecule has 1 amide bonds. The van der Waals surface area contributed by atoms with Crippen LogP contribution in [0.25, 0.3) is 0 Å². The van der Waals surface area contributed by atoms with Crippen molar-refractivity contribution in [1.82, 2.24) is 0 Å². The van der Waals surface area contributed by atoms with Gasteiger partial charge in [0, 0.05) is 18.3 Å². The summed E-state index contributed by atoms with van der Waals surface area (Å²) in [5, 5.41) is 0. The normalized spacial score (nSPS) is 10.1.